The molecule has 2 N–H and O–H groups in total. The highest BCUT2D eigenvalue weighted by Crippen LogP contribution is 2.53. The molecular formula is C15H21N3O3S. The summed E-state index contributed by atoms with van der Waals surface area (Å²) in [5, 5.41) is 13.8. The maximum absolute atomic E-state index is 12.6. The number of urea groups is 1. The molecule has 1 aromatic heterocycles. The van der Waals surface area contributed by atoms with Crippen LogP contribution in [0.5, 0.6) is 0 Å². The summed E-state index contributed by atoms with van der Waals surface area (Å²) in [7, 11) is 0. The summed E-state index contributed by atoms with van der Waals surface area (Å²) in [5.41, 5.74) is 0.819. The first-order chi connectivity index (χ1) is 10.5. The second-order valence-electron chi connectivity index (χ2n) is 6.98. The van der Waals surface area contributed by atoms with Crippen LogP contribution in [-0.2, 0) is 17.8 Å². The standard InChI is InChI=1S/C15H21N3O3S/c1-15(2)11-8(12(15)19)3-5-18(11)14(20)17-13-16-9-4-6-21-7-10(9)22-13/h8,11-12,19H,3-7H2,1-2H3,(H,16,17,20)/t8-,11+,12+/m1/s1. The summed E-state index contributed by atoms with van der Waals surface area (Å²) in [6.07, 6.45) is 1.39. The van der Waals surface area contributed by atoms with Gasteiger partial charge < -0.3 is 14.7 Å². The third-order valence-electron chi connectivity index (χ3n) is 5.34. The normalized spacial score (nSPS) is 32.1. The Morgan fingerprint density at radius 2 is 2.36 bits per heavy atom. The summed E-state index contributed by atoms with van der Waals surface area (Å²) >= 11 is 1.50. The highest BCUT2D eigenvalue weighted by molar-refractivity contribution is 7.15. The molecule has 0 bridgehead atoms. The van der Waals surface area contributed by atoms with Gasteiger partial charge in [0.25, 0.3) is 0 Å². The van der Waals surface area contributed by atoms with Gasteiger partial charge in [0.2, 0.25) is 0 Å². The molecule has 120 valence electrons. The van der Waals surface area contributed by atoms with Crippen LogP contribution in [0.3, 0.4) is 0 Å². The lowest BCUT2D eigenvalue weighted by Crippen LogP contribution is -2.65. The number of amides is 2. The lowest BCUT2D eigenvalue weighted by Gasteiger charge is -2.55. The highest BCUT2D eigenvalue weighted by atomic mass is 32.1. The van der Waals surface area contributed by atoms with Gasteiger partial charge in [0.15, 0.2) is 5.13 Å². The predicted octanol–water partition coefficient (Wildman–Crippen LogP) is 1.84. The van der Waals surface area contributed by atoms with E-state index in [1.165, 1.54) is 11.3 Å². The van der Waals surface area contributed by atoms with Crippen LogP contribution in [0.25, 0.3) is 0 Å². The fraction of sp³-hybridized carbons (Fsp3) is 0.733. The molecule has 1 aliphatic carbocycles. The molecule has 6 nitrogen and oxygen atoms in total. The number of thiazole rings is 1. The van der Waals surface area contributed by atoms with Crippen molar-refractivity contribution in [2.24, 2.45) is 11.3 Å². The molecule has 0 aromatic carbocycles. The Labute approximate surface area is 133 Å². The van der Waals surface area contributed by atoms with Gasteiger partial charge in [-0.15, -0.1) is 0 Å². The minimum absolute atomic E-state index is 0.0977. The molecule has 1 saturated heterocycles. The quantitative estimate of drug-likeness (QED) is 0.827. The van der Waals surface area contributed by atoms with E-state index in [-0.39, 0.29) is 29.5 Å². The number of hydrogen-bond acceptors (Lipinski definition) is 5. The lowest BCUT2D eigenvalue weighted by molar-refractivity contribution is -0.134. The molecule has 3 aliphatic rings. The van der Waals surface area contributed by atoms with E-state index < -0.39 is 0 Å². The number of likely N-dealkylation sites (tertiary alicyclic amines) is 1. The summed E-state index contributed by atoms with van der Waals surface area (Å²) in [6, 6.07) is 0.0277. The molecule has 0 spiro atoms. The largest absolute Gasteiger partial charge is 0.392 e. The number of aromatic nitrogens is 1. The van der Waals surface area contributed by atoms with Gasteiger partial charge in [0.05, 0.1) is 29.9 Å². The van der Waals surface area contributed by atoms with Crippen LogP contribution < -0.4 is 5.32 Å². The van der Waals surface area contributed by atoms with Crippen LogP contribution in [0.15, 0.2) is 0 Å². The van der Waals surface area contributed by atoms with E-state index in [0.717, 1.165) is 23.4 Å². The lowest BCUT2D eigenvalue weighted by atomic mass is 9.58. The number of aliphatic hydroxyl groups excluding tert-OH is 1. The second kappa shape index (κ2) is 4.91. The number of nitrogens with zero attached hydrogens (tertiary/aromatic N) is 2. The van der Waals surface area contributed by atoms with Crippen LogP contribution in [0.1, 0.15) is 30.8 Å². The van der Waals surface area contributed by atoms with Crippen molar-refractivity contribution in [3.05, 3.63) is 10.6 Å². The first-order valence-corrected chi connectivity index (χ1v) is 8.62. The van der Waals surface area contributed by atoms with Gasteiger partial charge >= 0.3 is 6.03 Å². The maximum atomic E-state index is 12.6. The topological polar surface area (TPSA) is 74.7 Å². The van der Waals surface area contributed by atoms with Crippen molar-refractivity contribution < 1.29 is 14.6 Å². The van der Waals surface area contributed by atoms with E-state index in [1.54, 1.807) is 0 Å². The third-order valence-corrected chi connectivity index (χ3v) is 6.33. The van der Waals surface area contributed by atoms with Gasteiger partial charge in [-0.25, -0.2) is 9.78 Å². The Kier molecular flexibility index (Phi) is 3.22. The molecule has 0 radical (unpaired) electrons. The molecule has 3 atom stereocenters. The minimum Gasteiger partial charge on any atom is -0.392 e. The van der Waals surface area contributed by atoms with Crippen LogP contribution in [0.4, 0.5) is 9.93 Å². The number of fused-ring (bicyclic) bond motifs is 2. The predicted molar refractivity (Wildman–Crippen MR) is 82.9 cm³/mol. The first kappa shape index (κ1) is 14.4. The van der Waals surface area contributed by atoms with Crippen LogP contribution in [0.2, 0.25) is 0 Å². The highest BCUT2D eigenvalue weighted by Gasteiger charge is 2.61. The van der Waals surface area contributed by atoms with Crippen molar-refractivity contribution in [3.8, 4) is 0 Å². The number of carbonyl (C=O) groups excluding carboxylic acids is 1. The van der Waals surface area contributed by atoms with E-state index in [1.807, 2.05) is 18.7 Å². The number of carbonyl (C=O) groups is 1. The molecule has 4 rings (SSSR count). The smallest absolute Gasteiger partial charge is 0.323 e. The van der Waals surface area contributed by atoms with Gasteiger partial charge in [-0.05, 0) is 6.42 Å². The molecule has 1 aromatic rings. The number of anilines is 1. The first-order valence-electron chi connectivity index (χ1n) is 7.80. The number of ether oxygens (including phenoxy) is 1. The van der Waals surface area contributed by atoms with Crippen molar-refractivity contribution >= 4 is 22.5 Å². The monoisotopic (exact) mass is 323 g/mol. The van der Waals surface area contributed by atoms with Crippen molar-refractivity contribution in [3.63, 3.8) is 0 Å². The number of nitrogens with one attached hydrogen (secondary N) is 1. The van der Waals surface area contributed by atoms with Gasteiger partial charge in [0, 0.05) is 30.3 Å². The molecule has 3 heterocycles. The van der Waals surface area contributed by atoms with Gasteiger partial charge in [-0.2, -0.15) is 0 Å². The zero-order valence-corrected chi connectivity index (χ0v) is 13.7. The molecular weight excluding hydrogens is 302 g/mol. The van der Waals surface area contributed by atoms with E-state index in [0.29, 0.717) is 24.9 Å². The number of rotatable bonds is 1. The average Bonchev–Trinajstić information content (AvgIpc) is 3.09. The Morgan fingerprint density at radius 3 is 3.14 bits per heavy atom. The summed E-state index contributed by atoms with van der Waals surface area (Å²) in [5.74, 6) is 0.221. The zero-order valence-electron chi connectivity index (χ0n) is 12.8. The van der Waals surface area contributed by atoms with Crippen molar-refractivity contribution in [2.75, 3.05) is 18.5 Å². The molecule has 0 unspecified atom stereocenters. The maximum Gasteiger partial charge on any atom is 0.323 e. The Hall–Kier alpha value is -1.18. The molecule has 22 heavy (non-hydrogen) atoms. The van der Waals surface area contributed by atoms with Crippen LogP contribution >= 0.6 is 11.3 Å². The van der Waals surface area contributed by atoms with Crippen LogP contribution in [0, 0.1) is 11.3 Å². The SMILES string of the molecule is CC1(C)[C@@H]2[C@@H](CCN2C(=O)Nc2nc3c(s2)COCC3)[C@@H]1O. The minimum atomic E-state index is -0.306. The number of aliphatic hydroxyl groups is 1. The van der Waals surface area contributed by atoms with Crippen molar-refractivity contribution in [2.45, 2.75) is 45.4 Å². The van der Waals surface area contributed by atoms with E-state index in [4.69, 9.17) is 4.74 Å². The molecule has 1 saturated carbocycles. The fourth-order valence-electron chi connectivity index (χ4n) is 4.18. The van der Waals surface area contributed by atoms with Gasteiger partial charge in [-0.3, -0.25) is 5.32 Å². The molecule has 2 fully saturated rings. The molecule has 2 amide bonds. The Bertz CT molecular complexity index is 592. The van der Waals surface area contributed by atoms with Gasteiger partial charge in [-0.1, -0.05) is 25.2 Å². The average molecular weight is 323 g/mol. The van der Waals surface area contributed by atoms with Crippen molar-refractivity contribution in [1.29, 1.82) is 0 Å². The van der Waals surface area contributed by atoms with E-state index >= 15 is 0 Å². The van der Waals surface area contributed by atoms with Gasteiger partial charge in [0.1, 0.15) is 0 Å². The zero-order chi connectivity index (χ0) is 15.5. The number of hydrogen-bond donors (Lipinski definition) is 2. The van der Waals surface area contributed by atoms with E-state index in [2.05, 4.69) is 10.3 Å². The second-order valence-corrected chi connectivity index (χ2v) is 8.06. The molecule has 2 aliphatic heterocycles. The Morgan fingerprint density at radius 1 is 1.55 bits per heavy atom. The molecule has 7 heteroatoms. The fourth-order valence-corrected chi connectivity index (χ4v) is 5.11. The Balaban J connectivity index is 1.48. The summed E-state index contributed by atoms with van der Waals surface area (Å²) in [6.45, 7) is 6.06. The summed E-state index contributed by atoms with van der Waals surface area (Å²) in [4.78, 5) is 20.1. The van der Waals surface area contributed by atoms with E-state index in [9.17, 15) is 9.90 Å². The summed E-state index contributed by atoms with van der Waals surface area (Å²) < 4.78 is 5.41. The third kappa shape index (κ3) is 1.99. The van der Waals surface area contributed by atoms with Crippen molar-refractivity contribution in [1.82, 2.24) is 9.88 Å². The van der Waals surface area contributed by atoms with Crippen LogP contribution in [-0.4, -0.2) is 46.3 Å².